The third-order valence-corrected chi connectivity index (χ3v) is 3.36. The second-order valence-electron chi connectivity index (χ2n) is 4.05. The van der Waals surface area contributed by atoms with Gasteiger partial charge in [0.2, 0.25) is 5.91 Å². The number of nitrogens with one attached hydrogen (secondary N) is 1. The molecular weight excluding hydrogens is 334 g/mol. The van der Waals surface area contributed by atoms with Crippen molar-refractivity contribution in [3.05, 3.63) is 27.6 Å². The second kappa shape index (κ2) is 6.90. The second-order valence-corrected chi connectivity index (χ2v) is 5.21. The Morgan fingerprint density at radius 1 is 1.59 bits per heavy atom. The first-order valence-corrected chi connectivity index (χ1v) is 6.55. The molecule has 1 unspecified atom stereocenters. The van der Waals surface area contributed by atoms with Crippen LogP contribution in [0, 0.1) is 15.3 Å². The van der Waals surface area contributed by atoms with E-state index in [1.165, 1.54) is 12.1 Å². The Hall–Kier alpha value is -0.690. The first-order valence-electron chi connectivity index (χ1n) is 5.48. The Balaban J connectivity index is 2.50. The summed E-state index contributed by atoms with van der Waals surface area (Å²) in [5.74, 6) is -0.0213. The number of nitrogens with two attached hydrogens (primary N) is 1. The van der Waals surface area contributed by atoms with E-state index in [9.17, 15) is 9.18 Å². The Kier molecular flexibility index (Phi) is 5.84. The topological polar surface area (TPSA) is 55.1 Å². The molecule has 0 radical (unpaired) electrons. The molecule has 0 spiro atoms. The number of hydrogen-bond donors (Lipinski definition) is 2. The molecule has 0 aliphatic heterocycles. The van der Waals surface area contributed by atoms with Crippen LogP contribution in [-0.4, -0.2) is 12.5 Å². The van der Waals surface area contributed by atoms with Gasteiger partial charge in [-0.05, 0) is 59.7 Å². The van der Waals surface area contributed by atoms with Crippen molar-refractivity contribution in [1.29, 1.82) is 0 Å². The molecule has 0 aliphatic carbocycles. The SMILES string of the molecule is CC(CN)CCC(=O)Nc1ccc(F)cc1I. The normalized spacial score (nSPS) is 12.2. The summed E-state index contributed by atoms with van der Waals surface area (Å²) in [4.78, 5) is 11.6. The van der Waals surface area contributed by atoms with Gasteiger partial charge in [0.1, 0.15) is 5.82 Å². The number of carbonyl (C=O) groups excluding carboxylic acids is 1. The fourth-order valence-electron chi connectivity index (χ4n) is 1.30. The van der Waals surface area contributed by atoms with E-state index in [1.807, 2.05) is 29.5 Å². The molecule has 0 saturated heterocycles. The highest BCUT2D eigenvalue weighted by atomic mass is 127. The third kappa shape index (κ3) is 4.99. The molecule has 0 bridgehead atoms. The van der Waals surface area contributed by atoms with Crippen molar-refractivity contribution in [2.45, 2.75) is 19.8 Å². The van der Waals surface area contributed by atoms with E-state index >= 15 is 0 Å². The van der Waals surface area contributed by atoms with E-state index in [2.05, 4.69) is 5.32 Å². The molecule has 1 aromatic carbocycles. The molecule has 1 amide bonds. The van der Waals surface area contributed by atoms with Crippen molar-refractivity contribution < 1.29 is 9.18 Å². The van der Waals surface area contributed by atoms with Gasteiger partial charge in [0.15, 0.2) is 0 Å². The Morgan fingerprint density at radius 3 is 2.88 bits per heavy atom. The lowest BCUT2D eigenvalue weighted by Gasteiger charge is -2.09. The maximum Gasteiger partial charge on any atom is 0.224 e. The fourth-order valence-corrected chi connectivity index (χ4v) is 1.91. The minimum atomic E-state index is -0.302. The average molecular weight is 350 g/mol. The minimum Gasteiger partial charge on any atom is -0.330 e. The van der Waals surface area contributed by atoms with Gasteiger partial charge in [-0.15, -0.1) is 0 Å². The number of carbonyl (C=O) groups is 1. The van der Waals surface area contributed by atoms with E-state index < -0.39 is 0 Å². The van der Waals surface area contributed by atoms with Gasteiger partial charge in [0.05, 0.1) is 5.69 Å². The molecule has 3 nitrogen and oxygen atoms in total. The maximum absolute atomic E-state index is 12.9. The lowest BCUT2D eigenvalue weighted by molar-refractivity contribution is -0.116. The standard InChI is InChI=1S/C12H16FIN2O/c1-8(7-15)2-5-12(17)16-11-4-3-9(13)6-10(11)14/h3-4,6,8H,2,5,7,15H2,1H3,(H,16,17). The number of anilines is 1. The van der Waals surface area contributed by atoms with Gasteiger partial charge in [-0.3, -0.25) is 4.79 Å². The van der Waals surface area contributed by atoms with Crippen LogP contribution in [0.25, 0.3) is 0 Å². The van der Waals surface area contributed by atoms with Crippen molar-refractivity contribution in [1.82, 2.24) is 0 Å². The average Bonchev–Trinajstić information content (AvgIpc) is 2.29. The first kappa shape index (κ1) is 14.4. The molecule has 0 aliphatic rings. The molecule has 94 valence electrons. The fraction of sp³-hybridized carbons (Fsp3) is 0.417. The highest BCUT2D eigenvalue weighted by Gasteiger charge is 2.08. The quantitative estimate of drug-likeness (QED) is 0.803. The van der Waals surface area contributed by atoms with Crippen LogP contribution in [-0.2, 0) is 4.79 Å². The van der Waals surface area contributed by atoms with E-state index in [0.717, 1.165) is 6.42 Å². The largest absolute Gasteiger partial charge is 0.330 e. The van der Waals surface area contributed by atoms with E-state index in [0.29, 0.717) is 28.1 Å². The van der Waals surface area contributed by atoms with Crippen molar-refractivity contribution in [2.75, 3.05) is 11.9 Å². The zero-order valence-electron chi connectivity index (χ0n) is 9.67. The monoisotopic (exact) mass is 350 g/mol. The Labute approximate surface area is 114 Å². The van der Waals surface area contributed by atoms with Crippen molar-refractivity contribution in [3.8, 4) is 0 Å². The number of amides is 1. The van der Waals surface area contributed by atoms with Gasteiger partial charge >= 0.3 is 0 Å². The Bertz CT molecular complexity index is 398. The van der Waals surface area contributed by atoms with Crippen LogP contribution in [0.2, 0.25) is 0 Å². The van der Waals surface area contributed by atoms with Gasteiger partial charge in [-0.1, -0.05) is 6.92 Å². The smallest absolute Gasteiger partial charge is 0.224 e. The molecular formula is C12H16FIN2O. The van der Waals surface area contributed by atoms with Crippen LogP contribution >= 0.6 is 22.6 Å². The minimum absolute atomic E-state index is 0.0603. The number of rotatable bonds is 5. The molecule has 3 N–H and O–H groups in total. The molecule has 1 aromatic rings. The summed E-state index contributed by atoms with van der Waals surface area (Å²) < 4.78 is 13.6. The molecule has 1 rings (SSSR count). The van der Waals surface area contributed by atoms with Crippen LogP contribution in [0.15, 0.2) is 18.2 Å². The molecule has 5 heteroatoms. The molecule has 0 fully saturated rings. The lowest BCUT2D eigenvalue weighted by Crippen LogP contribution is -2.16. The van der Waals surface area contributed by atoms with Crippen molar-refractivity contribution >= 4 is 34.2 Å². The van der Waals surface area contributed by atoms with Gasteiger partial charge in [0.25, 0.3) is 0 Å². The zero-order chi connectivity index (χ0) is 12.8. The van der Waals surface area contributed by atoms with Gasteiger partial charge in [-0.2, -0.15) is 0 Å². The predicted molar refractivity (Wildman–Crippen MR) is 75.2 cm³/mol. The lowest BCUT2D eigenvalue weighted by atomic mass is 10.1. The van der Waals surface area contributed by atoms with Crippen molar-refractivity contribution in [3.63, 3.8) is 0 Å². The van der Waals surface area contributed by atoms with Crippen LogP contribution in [0.4, 0.5) is 10.1 Å². The van der Waals surface area contributed by atoms with Gasteiger partial charge < -0.3 is 11.1 Å². The van der Waals surface area contributed by atoms with Gasteiger partial charge in [0, 0.05) is 9.99 Å². The highest BCUT2D eigenvalue weighted by Crippen LogP contribution is 2.19. The molecule has 17 heavy (non-hydrogen) atoms. The highest BCUT2D eigenvalue weighted by molar-refractivity contribution is 14.1. The summed E-state index contributed by atoms with van der Waals surface area (Å²) in [5.41, 5.74) is 6.13. The summed E-state index contributed by atoms with van der Waals surface area (Å²) in [6.07, 6.45) is 1.20. The summed E-state index contributed by atoms with van der Waals surface area (Å²) >= 11 is 1.99. The molecule has 0 saturated carbocycles. The van der Waals surface area contributed by atoms with Crippen molar-refractivity contribution in [2.24, 2.45) is 11.7 Å². The van der Waals surface area contributed by atoms with Crippen LogP contribution in [0.5, 0.6) is 0 Å². The van der Waals surface area contributed by atoms with E-state index in [-0.39, 0.29) is 11.7 Å². The molecule has 0 heterocycles. The summed E-state index contributed by atoms with van der Waals surface area (Å²) in [6, 6.07) is 4.29. The van der Waals surface area contributed by atoms with Gasteiger partial charge in [-0.25, -0.2) is 4.39 Å². The molecule has 1 atom stereocenters. The number of hydrogen-bond acceptors (Lipinski definition) is 2. The number of benzene rings is 1. The maximum atomic E-state index is 12.9. The van der Waals surface area contributed by atoms with Crippen LogP contribution < -0.4 is 11.1 Å². The summed E-state index contributed by atoms with van der Waals surface area (Å²) in [5, 5.41) is 2.76. The van der Waals surface area contributed by atoms with Crippen LogP contribution in [0.1, 0.15) is 19.8 Å². The zero-order valence-corrected chi connectivity index (χ0v) is 11.8. The predicted octanol–water partition coefficient (Wildman–Crippen LogP) is 2.74. The van der Waals surface area contributed by atoms with Crippen LogP contribution in [0.3, 0.4) is 0 Å². The molecule has 0 aromatic heterocycles. The summed E-state index contributed by atoms with van der Waals surface area (Å²) in [6.45, 7) is 2.59. The van der Waals surface area contributed by atoms with E-state index in [1.54, 1.807) is 6.07 Å². The summed E-state index contributed by atoms with van der Waals surface area (Å²) in [7, 11) is 0. The first-order chi connectivity index (χ1) is 8.02. The number of halogens is 2. The Morgan fingerprint density at radius 2 is 2.29 bits per heavy atom. The third-order valence-electron chi connectivity index (χ3n) is 2.47. The van der Waals surface area contributed by atoms with E-state index in [4.69, 9.17) is 5.73 Å².